The van der Waals surface area contributed by atoms with Crippen LogP contribution in [0.5, 0.6) is 0 Å². The third kappa shape index (κ3) is 2.49. The normalized spacial score (nSPS) is 17.4. The number of carbonyl (C=O) groups is 1. The SMILES string of the molecule is O=C(NC1CC1)c1nc2c(s1)CCCN2c1ncccn1. The van der Waals surface area contributed by atoms with E-state index in [1.54, 1.807) is 18.5 Å². The Morgan fingerprint density at radius 3 is 2.90 bits per heavy atom. The van der Waals surface area contributed by atoms with Crippen LogP contribution in [-0.2, 0) is 6.42 Å². The van der Waals surface area contributed by atoms with Crippen molar-refractivity contribution in [1.82, 2.24) is 20.3 Å². The van der Waals surface area contributed by atoms with Crippen LogP contribution in [0.3, 0.4) is 0 Å². The molecule has 2 aromatic rings. The molecule has 1 N–H and O–H groups in total. The molecule has 21 heavy (non-hydrogen) atoms. The molecule has 1 fully saturated rings. The number of aromatic nitrogens is 3. The number of anilines is 2. The molecule has 0 aromatic carbocycles. The van der Waals surface area contributed by atoms with Crippen LogP contribution < -0.4 is 10.2 Å². The van der Waals surface area contributed by atoms with E-state index in [0.717, 1.165) is 42.9 Å². The van der Waals surface area contributed by atoms with Crippen molar-refractivity contribution >= 4 is 29.0 Å². The smallest absolute Gasteiger partial charge is 0.280 e. The van der Waals surface area contributed by atoms with Gasteiger partial charge in [0.2, 0.25) is 5.95 Å². The van der Waals surface area contributed by atoms with Gasteiger partial charge in [-0.3, -0.25) is 9.69 Å². The second kappa shape index (κ2) is 5.07. The summed E-state index contributed by atoms with van der Waals surface area (Å²) >= 11 is 1.49. The summed E-state index contributed by atoms with van der Waals surface area (Å²) in [6, 6.07) is 2.15. The summed E-state index contributed by atoms with van der Waals surface area (Å²) in [5.74, 6) is 1.45. The predicted octanol–water partition coefficient (Wildman–Crippen LogP) is 1.91. The van der Waals surface area contributed by atoms with Gasteiger partial charge in [0, 0.05) is 29.9 Å². The van der Waals surface area contributed by atoms with Crippen molar-refractivity contribution in [2.24, 2.45) is 0 Å². The highest BCUT2D eigenvalue weighted by Crippen LogP contribution is 2.35. The van der Waals surface area contributed by atoms with Crippen molar-refractivity contribution < 1.29 is 4.79 Å². The van der Waals surface area contributed by atoms with E-state index < -0.39 is 0 Å². The Kier molecular flexibility index (Phi) is 3.07. The van der Waals surface area contributed by atoms with E-state index in [0.29, 0.717) is 17.0 Å². The number of thiazole rings is 1. The minimum atomic E-state index is -0.0502. The van der Waals surface area contributed by atoms with Crippen LogP contribution in [0.15, 0.2) is 18.5 Å². The molecular weight excluding hydrogens is 286 g/mol. The number of hydrogen-bond acceptors (Lipinski definition) is 6. The molecule has 0 bridgehead atoms. The highest BCUT2D eigenvalue weighted by molar-refractivity contribution is 7.14. The van der Waals surface area contributed by atoms with Gasteiger partial charge in [-0.1, -0.05) is 0 Å². The first-order valence-corrected chi connectivity index (χ1v) is 7.98. The lowest BCUT2D eigenvalue weighted by Crippen LogP contribution is -2.27. The molecule has 7 heteroatoms. The predicted molar refractivity (Wildman–Crippen MR) is 80.0 cm³/mol. The first-order valence-electron chi connectivity index (χ1n) is 7.16. The summed E-state index contributed by atoms with van der Waals surface area (Å²) in [5, 5.41) is 3.54. The number of amides is 1. The third-order valence-corrected chi connectivity index (χ3v) is 4.72. The van der Waals surface area contributed by atoms with Crippen LogP contribution >= 0.6 is 11.3 Å². The minimum absolute atomic E-state index is 0.0502. The third-order valence-electron chi connectivity index (χ3n) is 3.62. The van der Waals surface area contributed by atoms with Crippen LogP contribution in [0.4, 0.5) is 11.8 Å². The van der Waals surface area contributed by atoms with Gasteiger partial charge in [0.25, 0.3) is 5.91 Å². The number of fused-ring (bicyclic) bond motifs is 1. The van der Waals surface area contributed by atoms with Crippen molar-refractivity contribution in [3.8, 4) is 0 Å². The fourth-order valence-corrected chi connectivity index (χ4v) is 3.43. The van der Waals surface area contributed by atoms with Gasteiger partial charge in [0.1, 0.15) is 0 Å². The van der Waals surface area contributed by atoms with Crippen molar-refractivity contribution in [2.45, 2.75) is 31.7 Å². The zero-order valence-corrected chi connectivity index (χ0v) is 12.3. The molecule has 1 amide bonds. The largest absolute Gasteiger partial charge is 0.347 e. The molecule has 3 heterocycles. The van der Waals surface area contributed by atoms with E-state index in [1.807, 2.05) is 4.90 Å². The molecule has 2 aromatic heterocycles. The van der Waals surface area contributed by atoms with Gasteiger partial charge in [-0.2, -0.15) is 0 Å². The van der Waals surface area contributed by atoms with Gasteiger partial charge in [0.15, 0.2) is 10.8 Å². The molecule has 1 aliphatic heterocycles. The topological polar surface area (TPSA) is 71.0 Å². The van der Waals surface area contributed by atoms with E-state index in [4.69, 9.17) is 0 Å². The fraction of sp³-hybridized carbons (Fsp3) is 0.429. The Morgan fingerprint density at radius 1 is 1.33 bits per heavy atom. The lowest BCUT2D eigenvalue weighted by atomic mass is 10.2. The van der Waals surface area contributed by atoms with E-state index in [1.165, 1.54) is 11.3 Å². The molecule has 0 radical (unpaired) electrons. The molecule has 2 aliphatic rings. The number of hydrogen-bond donors (Lipinski definition) is 1. The molecule has 1 aliphatic carbocycles. The Hall–Kier alpha value is -2.02. The number of carbonyl (C=O) groups excluding carboxylic acids is 1. The number of nitrogens with one attached hydrogen (secondary N) is 1. The van der Waals surface area contributed by atoms with Gasteiger partial charge in [0.05, 0.1) is 0 Å². The lowest BCUT2D eigenvalue weighted by molar-refractivity contribution is 0.0951. The molecule has 4 rings (SSSR count). The molecule has 108 valence electrons. The van der Waals surface area contributed by atoms with Crippen LogP contribution in [0.2, 0.25) is 0 Å². The molecule has 0 saturated heterocycles. The van der Waals surface area contributed by atoms with E-state index in [9.17, 15) is 4.79 Å². The fourth-order valence-electron chi connectivity index (χ4n) is 2.42. The Morgan fingerprint density at radius 2 is 2.14 bits per heavy atom. The minimum Gasteiger partial charge on any atom is -0.347 e. The van der Waals surface area contributed by atoms with Crippen LogP contribution in [0.25, 0.3) is 0 Å². The number of aryl methyl sites for hydroxylation is 1. The summed E-state index contributed by atoms with van der Waals surface area (Å²) in [7, 11) is 0. The maximum absolute atomic E-state index is 12.1. The molecule has 0 unspecified atom stereocenters. The van der Waals surface area contributed by atoms with Crippen molar-refractivity contribution in [2.75, 3.05) is 11.4 Å². The summed E-state index contributed by atoms with van der Waals surface area (Å²) in [5.41, 5.74) is 0. The zero-order chi connectivity index (χ0) is 14.2. The standard InChI is InChI=1S/C14H15N5OS/c20-12(17-9-4-5-9)13-18-11-10(21-13)3-1-8-19(11)14-15-6-2-7-16-14/h2,6-7,9H,1,3-5,8H2,(H,17,20). The van der Waals surface area contributed by atoms with Gasteiger partial charge in [-0.25, -0.2) is 15.0 Å². The quantitative estimate of drug-likeness (QED) is 0.937. The second-order valence-electron chi connectivity index (χ2n) is 5.32. The molecular formula is C14H15N5OS. The maximum Gasteiger partial charge on any atom is 0.280 e. The Labute approximate surface area is 126 Å². The zero-order valence-electron chi connectivity index (χ0n) is 11.5. The van der Waals surface area contributed by atoms with Gasteiger partial charge in [-0.05, 0) is 31.7 Å². The first kappa shape index (κ1) is 12.7. The molecule has 1 saturated carbocycles. The maximum atomic E-state index is 12.1. The summed E-state index contributed by atoms with van der Waals surface area (Å²) in [6.45, 7) is 0.838. The van der Waals surface area contributed by atoms with Crippen LogP contribution in [0.1, 0.15) is 33.9 Å². The molecule has 0 atom stereocenters. The van der Waals surface area contributed by atoms with E-state index >= 15 is 0 Å². The van der Waals surface area contributed by atoms with Gasteiger partial charge >= 0.3 is 0 Å². The van der Waals surface area contributed by atoms with Crippen LogP contribution in [0, 0.1) is 0 Å². The first-order chi connectivity index (χ1) is 10.3. The van der Waals surface area contributed by atoms with Crippen molar-refractivity contribution in [3.63, 3.8) is 0 Å². The molecule has 6 nitrogen and oxygen atoms in total. The average Bonchev–Trinajstić information content (AvgIpc) is 3.22. The monoisotopic (exact) mass is 301 g/mol. The van der Waals surface area contributed by atoms with Crippen LogP contribution in [-0.4, -0.2) is 33.4 Å². The van der Waals surface area contributed by atoms with Gasteiger partial charge < -0.3 is 5.32 Å². The highest BCUT2D eigenvalue weighted by Gasteiger charge is 2.29. The summed E-state index contributed by atoms with van der Waals surface area (Å²) in [4.78, 5) is 28.4. The molecule has 0 spiro atoms. The Balaban J connectivity index is 1.64. The second-order valence-corrected chi connectivity index (χ2v) is 6.40. The summed E-state index contributed by atoms with van der Waals surface area (Å²) < 4.78 is 0. The van der Waals surface area contributed by atoms with Crippen molar-refractivity contribution in [3.05, 3.63) is 28.3 Å². The number of rotatable bonds is 3. The van der Waals surface area contributed by atoms with E-state index in [2.05, 4.69) is 20.3 Å². The Bertz CT molecular complexity index is 667. The highest BCUT2D eigenvalue weighted by atomic mass is 32.1. The van der Waals surface area contributed by atoms with Crippen molar-refractivity contribution in [1.29, 1.82) is 0 Å². The van der Waals surface area contributed by atoms with Gasteiger partial charge in [-0.15, -0.1) is 11.3 Å². The van der Waals surface area contributed by atoms with E-state index in [-0.39, 0.29) is 5.91 Å². The average molecular weight is 301 g/mol. The number of nitrogens with zero attached hydrogens (tertiary/aromatic N) is 4. The lowest BCUT2D eigenvalue weighted by Gasteiger charge is -2.25. The summed E-state index contributed by atoms with van der Waals surface area (Å²) in [6.07, 6.45) is 7.61.